The summed E-state index contributed by atoms with van der Waals surface area (Å²) in [5.41, 5.74) is 15.5. The van der Waals surface area contributed by atoms with Crippen molar-refractivity contribution in [3.63, 3.8) is 0 Å². The van der Waals surface area contributed by atoms with Gasteiger partial charge in [0.1, 0.15) is 16.7 Å². The largest absolute Gasteiger partial charge is 0.455 e. The smallest absolute Gasteiger partial charge is 0.167 e. The van der Waals surface area contributed by atoms with Gasteiger partial charge in [0.2, 0.25) is 0 Å². The summed E-state index contributed by atoms with van der Waals surface area (Å²) in [5, 5.41) is 6.41. The highest BCUT2D eigenvalue weighted by Gasteiger charge is 2.24. The minimum atomic E-state index is 0.534. The van der Waals surface area contributed by atoms with Gasteiger partial charge in [-0.3, -0.25) is 0 Å². The summed E-state index contributed by atoms with van der Waals surface area (Å²) in [7, 11) is 0. The highest BCUT2D eigenvalue weighted by Crippen LogP contribution is 2.46. The van der Waals surface area contributed by atoms with Crippen molar-refractivity contribution in [2.75, 3.05) is 0 Å². The van der Waals surface area contributed by atoms with E-state index < -0.39 is 0 Å². The summed E-state index contributed by atoms with van der Waals surface area (Å²) in [6, 6.07) is 80.2. The highest BCUT2D eigenvalue weighted by atomic mass is 16.3. The fourth-order valence-electron chi connectivity index (χ4n) is 10.3. The van der Waals surface area contributed by atoms with Crippen LogP contribution >= 0.6 is 0 Å². The summed E-state index contributed by atoms with van der Waals surface area (Å²) >= 11 is 0. The van der Waals surface area contributed by atoms with E-state index in [-0.39, 0.29) is 0 Å². The molecule has 4 heterocycles. The second-order valence-electron chi connectivity index (χ2n) is 17.5. The van der Waals surface area contributed by atoms with Crippen LogP contribution in [0, 0.1) is 0 Å². The van der Waals surface area contributed by atoms with E-state index >= 15 is 0 Å². The van der Waals surface area contributed by atoms with Crippen molar-refractivity contribution >= 4 is 65.7 Å². The third-order valence-electron chi connectivity index (χ3n) is 13.5. The lowest BCUT2D eigenvalue weighted by atomic mass is 9.96. The van der Waals surface area contributed by atoms with Crippen molar-refractivity contribution < 1.29 is 8.83 Å². The molecular weight excluding hydrogens is 845 g/mol. The van der Waals surface area contributed by atoms with Crippen LogP contribution in [-0.4, -0.2) is 19.5 Å². The molecule has 10 aromatic carbocycles. The lowest BCUT2D eigenvalue weighted by Gasteiger charge is -2.12. The van der Waals surface area contributed by atoms with Gasteiger partial charge in [0.05, 0.1) is 22.3 Å². The number of hydrogen-bond acceptors (Lipinski definition) is 5. The van der Waals surface area contributed by atoms with Gasteiger partial charge in [0.15, 0.2) is 23.1 Å². The molecule has 14 aromatic rings. The highest BCUT2D eigenvalue weighted by molar-refractivity contribution is 6.20. The van der Waals surface area contributed by atoms with Crippen LogP contribution in [0.1, 0.15) is 0 Å². The Kier molecular flexibility index (Phi) is 8.79. The maximum Gasteiger partial charge on any atom is 0.167 e. The zero-order chi connectivity index (χ0) is 45.4. The molecule has 4 aromatic heterocycles. The fraction of sp³-hybridized carbons (Fsp3) is 0. The van der Waals surface area contributed by atoms with Gasteiger partial charge in [0.25, 0.3) is 0 Å². The molecule has 0 atom stereocenters. The molecule has 0 bridgehead atoms. The van der Waals surface area contributed by atoms with Gasteiger partial charge in [-0.2, -0.15) is 0 Å². The van der Waals surface area contributed by atoms with Crippen LogP contribution in [0.25, 0.3) is 139 Å². The first-order valence-corrected chi connectivity index (χ1v) is 23.2. The summed E-state index contributed by atoms with van der Waals surface area (Å²) < 4.78 is 16.5. The average Bonchev–Trinajstić information content (AvgIpc) is 4.12. The van der Waals surface area contributed by atoms with Crippen molar-refractivity contribution in [3.8, 4) is 73.2 Å². The molecule has 0 saturated heterocycles. The molecule has 0 aliphatic carbocycles. The first-order valence-electron chi connectivity index (χ1n) is 23.2. The molecule has 6 nitrogen and oxygen atoms in total. The second kappa shape index (κ2) is 15.6. The lowest BCUT2D eigenvalue weighted by Crippen LogP contribution is -2.00. The summed E-state index contributed by atoms with van der Waals surface area (Å²) in [4.78, 5) is 15.3. The SMILES string of the molecule is c1ccc(-c2ccc(-c3nc(-c4ccccc4)nc(-c4cccc5c4oc4c(-c6ccc(-n7c8ccccc8c8cc(-c9ccccc9)ccc87)c7oc8ccccc8c67)cccc45)n3)cc2)cc1. The second-order valence-corrected chi connectivity index (χ2v) is 17.5. The molecule has 0 aliphatic rings. The standard InChI is InChI=1S/C63H38N4O2/c1-4-16-39(17-5-1)41-30-32-43(33-31-41)62-64-61(42-20-8-3-9-21-42)65-63(66-62)51-27-15-26-49-48-25-14-24-47(58(48)69-59(49)51)46-35-37-55(60-57(46)50-23-11-13-29-56(50)68-60)67-53-28-12-10-22-45(53)52-38-44(34-36-54(52)67)40-18-6-2-7-19-40/h1-38H. The van der Waals surface area contributed by atoms with Gasteiger partial charge in [0, 0.05) is 49.0 Å². The summed E-state index contributed by atoms with van der Waals surface area (Å²) in [5.74, 6) is 1.71. The zero-order valence-electron chi connectivity index (χ0n) is 37.0. The first-order chi connectivity index (χ1) is 34.2. The van der Waals surface area contributed by atoms with Crippen LogP contribution in [0.2, 0.25) is 0 Å². The third kappa shape index (κ3) is 6.30. The Hall–Kier alpha value is -9.39. The van der Waals surface area contributed by atoms with Crippen molar-refractivity contribution in [2.24, 2.45) is 0 Å². The molecule has 0 amide bonds. The predicted molar refractivity (Wildman–Crippen MR) is 281 cm³/mol. The normalized spacial score (nSPS) is 11.8. The molecule has 0 spiro atoms. The summed E-state index contributed by atoms with van der Waals surface area (Å²) in [6.07, 6.45) is 0. The van der Waals surface area contributed by atoms with Crippen molar-refractivity contribution in [2.45, 2.75) is 0 Å². The van der Waals surface area contributed by atoms with Gasteiger partial charge in [-0.25, -0.2) is 15.0 Å². The first kappa shape index (κ1) is 38.8. The number of furan rings is 2. The molecular formula is C63H38N4O2. The Balaban J connectivity index is 0.952. The van der Waals surface area contributed by atoms with E-state index in [2.05, 4.69) is 187 Å². The Bertz CT molecular complexity index is 4290. The van der Waals surface area contributed by atoms with Gasteiger partial charge >= 0.3 is 0 Å². The number of hydrogen-bond donors (Lipinski definition) is 0. The van der Waals surface area contributed by atoms with Crippen LogP contribution in [-0.2, 0) is 0 Å². The monoisotopic (exact) mass is 882 g/mol. The van der Waals surface area contributed by atoms with Crippen LogP contribution < -0.4 is 0 Å². The molecule has 14 rings (SSSR count). The van der Waals surface area contributed by atoms with E-state index in [1.807, 2.05) is 48.5 Å². The van der Waals surface area contributed by atoms with E-state index in [9.17, 15) is 0 Å². The topological polar surface area (TPSA) is 69.9 Å². The van der Waals surface area contributed by atoms with Gasteiger partial charge in [-0.1, -0.05) is 194 Å². The van der Waals surface area contributed by atoms with Gasteiger partial charge in [-0.05, 0) is 64.2 Å². The Morgan fingerprint density at radius 2 is 0.797 bits per heavy atom. The molecule has 0 fully saturated rings. The molecule has 0 aliphatic heterocycles. The number of aromatic nitrogens is 4. The van der Waals surface area contributed by atoms with E-state index in [1.165, 1.54) is 21.9 Å². The van der Waals surface area contributed by atoms with Crippen molar-refractivity contribution in [1.82, 2.24) is 19.5 Å². The minimum absolute atomic E-state index is 0.534. The number of benzene rings is 10. The van der Waals surface area contributed by atoms with Crippen LogP contribution in [0.4, 0.5) is 0 Å². The molecule has 0 saturated carbocycles. The third-order valence-corrected chi connectivity index (χ3v) is 13.5. The van der Waals surface area contributed by atoms with E-state index in [0.717, 1.165) is 94.0 Å². The maximum atomic E-state index is 7.15. The quantitative estimate of drug-likeness (QED) is 0.159. The average molecular weight is 883 g/mol. The van der Waals surface area contributed by atoms with Crippen LogP contribution in [0.5, 0.6) is 0 Å². The minimum Gasteiger partial charge on any atom is -0.455 e. The van der Waals surface area contributed by atoms with Crippen LogP contribution in [0.3, 0.4) is 0 Å². The van der Waals surface area contributed by atoms with Gasteiger partial charge < -0.3 is 13.4 Å². The fourth-order valence-corrected chi connectivity index (χ4v) is 10.3. The lowest BCUT2D eigenvalue weighted by molar-refractivity contribution is 0.666. The molecule has 6 heteroatoms. The predicted octanol–water partition coefficient (Wildman–Crippen LogP) is 16.8. The van der Waals surface area contributed by atoms with Gasteiger partial charge in [-0.15, -0.1) is 0 Å². The Morgan fingerprint density at radius 3 is 1.52 bits per heavy atom. The van der Waals surface area contributed by atoms with Crippen LogP contribution in [0.15, 0.2) is 239 Å². The molecule has 69 heavy (non-hydrogen) atoms. The molecule has 0 unspecified atom stereocenters. The Morgan fingerprint density at radius 1 is 0.290 bits per heavy atom. The van der Waals surface area contributed by atoms with E-state index in [1.54, 1.807) is 0 Å². The number of para-hydroxylation sites is 4. The molecule has 0 N–H and O–H groups in total. The zero-order valence-corrected chi connectivity index (χ0v) is 37.0. The number of nitrogens with zero attached hydrogens (tertiary/aromatic N) is 4. The molecule has 0 radical (unpaired) electrons. The van der Waals surface area contributed by atoms with E-state index in [0.29, 0.717) is 23.1 Å². The maximum absolute atomic E-state index is 7.15. The number of rotatable bonds is 7. The van der Waals surface area contributed by atoms with Crippen molar-refractivity contribution in [1.29, 1.82) is 0 Å². The summed E-state index contributed by atoms with van der Waals surface area (Å²) in [6.45, 7) is 0. The molecule has 322 valence electrons. The number of fused-ring (bicyclic) bond motifs is 9. The van der Waals surface area contributed by atoms with E-state index in [4.69, 9.17) is 23.8 Å². The van der Waals surface area contributed by atoms with Crippen molar-refractivity contribution in [3.05, 3.63) is 231 Å². The Labute approximate surface area is 396 Å².